The smallest absolute Gasteiger partial charge is 0.310 e. The lowest BCUT2D eigenvalue weighted by molar-refractivity contribution is -0.147. The van der Waals surface area contributed by atoms with Crippen molar-refractivity contribution in [1.82, 2.24) is 10.2 Å². The van der Waals surface area contributed by atoms with Gasteiger partial charge in [-0.15, -0.1) is 0 Å². The summed E-state index contributed by atoms with van der Waals surface area (Å²) in [6.45, 7) is 7.81. The Kier molecular flexibility index (Phi) is 8.71. The highest BCUT2D eigenvalue weighted by atomic mass is 16.5. The summed E-state index contributed by atoms with van der Waals surface area (Å²) < 4.78 is 5.07. The standard InChI is InChI=1S/C27H36N4O3/c1-18(25(27(33)34-3)15-21-7-5-13-31(17-21)19(2)29)30-26(32)23-11-9-22(10-12-23)24-8-4-6-20(14-24)16-28/h4,6,8-12,14,18,21,25H,2,5,7,13,15-17,28-29H2,1,3H3,(H,30,32)/t18-,21?,25-/m1/s1. The molecule has 1 aliphatic heterocycles. The number of benzene rings is 2. The number of carbonyl (C=O) groups is 2. The Morgan fingerprint density at radius 2 is 1.94 bits per heavy atom. The fraction of sp³-hybridized carbons (Fsp3) is 0.407. The summed E-state index contributed by atoms with van der Waals surface area (Å²) in [6.07, 6.45) is 2.62. The normalized spacial score (nSPS) is 17.5. The molecule has 0 saturated carbocycles. The monoisotopic (exact) mass is 464 g/mol. The molecule has 34 heavy (non-hydrogen) atoms. The third-order valence-electron chi connectivity index (χ3n) is 6.62. The van der Waals surface area contributed by atoms with Crippen molar-refractivity contribution in [2.45, 2.75) is 38.8 Å². The topological polar surface area (TPSA) is 111 Å². The number of methoxy groups -OCH3 is 1. The number of nitrogens with one attached hydrogen (secondary N) is 1. The number of nitrogens with zero attached hydrogens (tertiary/aromatic N) is 1. The predicted molar refractivity (Wildman–Crippen MR) is 134 cm³/mol. The molecule has 3 atom stereocenters. The second kappa shape index (κ2) is 11.7. The van der Waals surface area contributed by atoms with E-state index in [-0.39, 0.29) is 23.8 Å². The predicted octanol–water partition coefficient (Wildman–Crippen LogP) is 3.25. The Morgan fingerprint density at radius 3 is 2.59 bits per heavy atom. The molecule has 0 radical (unpaired) electrons. The van der Waals surface area contributed by atoms with E-state index in [9.17, 15) is 9.59 Å². The Bertz CT molecular complexity index is 1010. The van der Waals surface area contributed by atoms with Gasteiger partial charge in [-0.25, -0.2) is 0 Å². The first kappa shape index (κ1) is 25.3. The maximum absolute atomic E-state index is 12.9. The number of hydrogen-bond donors (Lipinski definition) is 3. The van der Waals surface area contributed by atoms with Crippen molar-refractivity contribution in [3.05, 3.63) is 72.1 Å². The molecule has 1 unspecified atom stereocenters. The maximum atomic E-state index is 12.9. The van der Waals surface area contributed by atoms with Crippen molar-refractivity contribution >= 4 is 11.9 Å². The number of rotatable bonds is 9. The van der Waals surface area contributed by atoms with Crippen LogP contribution in [0.3, 0.4) is 0 Å². The van der Waals surface area contributed by atoms with Gasteiger partial charge in [0.2, 0.25) is 0 Å². The molecule has 182 valence electrons. The van der Waals surface area contributed by atoms with E-state index in [0.717, 1.165) is 42.6 Å². The van der Waals surface area contributed by atoms with Gasteiger partial charge in [-0.3, -0.25) is 9.59 Å². The van der Waals surface area contributed by atoms with Gasteiger partial charge in [0.15, 0.2) is 0 Å². The number of amides is 1. The number of nitrogens with two attached hydrogens (primary N) is 2. The number of esters is 1. The molecular formula is C27H36N4O3. The second-order valence-corrected chi connectivity index (χ2v) is 9.05. The third kappa shape index (κ3) is 6.38. The van der Waals surface area contributed by atoms with Crippen LogP contribution in [0.1, 0.15) is 42.1 Å². The molecule has 7 heteroatoms. The largest absolute Gasteiger partial charge is 0.469 e. The summed E-state index contributed by atoms with van der Waals surface area (Å²) in [7, 11) is 1.39. The zero-order chi connectivity index (χ0) is 24.7. The van der Waals surface area contributed by atoms with Crippen LogP contribution in [0.5, 0.6) is 0 Å². The van der Waals surface area contributed by atoms with Crippen molar-refractivity contribution in [1.29, 1.82) is 0 Å². The fourth-order valence-corrected chi connectivity index (χ4v) is 4.62. The molecule has 5 N–H and O–H groups in total. The summed E-state index contributed by atoms with van der Waals surface area (Å²) in [5, 5.41) is 3.00. The van der Waals surface area contributed by atoms with Crippen LogP contribution in [0.25, 0.3) is 11.1 Å². The zero-order valence-electron chi connectivity index (χ0n) is 20.1. The molecule has 1 amide bonds. The van der Waals surface area contributed by atoms with E-state index in [1.807, 2.05) is 43.3 Å². The van der Waals surface area contributed by atoms with E-state index in [4.69, 9.17) is 16.2 Å². The number of ether oxygens (including phenoxy) is 1. The van der Waals surface area contributed by atoms with Crippen molar-refractivity contribution in [2.24, 2.45) is 23.3 Å². The van der Waals surface area contributed by atoms with Crippen LogP contribution in [0.4, 0.5) is 0 Å². The van der Waals surface area contributed by atoms with Crippen molar-refractivity contribution in [2.75, 3.05) is 20.2 Å². The summed E-state index contributed by atoms with van der Waals surface area (Å²) in [5.74, 6) is -0.140. The average molecular weight is 465 g/mol. The zero-order valence-corrected chi connectivity index (χ0v) is 20.1. The summed E-state index contributed by atoms with van der Waals surface area (Å²) in [6, 6.07) is 15.1. The van der Waals surface area contributed by atoms with Gasteiger partial charge in [0.05, 0.1) is 18.8 Å². The van der Waals surface area contributed by atoms with E-state index >= 15 is 0 Å². The average Bonchev–Trinajstić information content (AvgIpc) is 2.87. The first-order valence-electron chi connectivity index (χ1n) is 11.8. The second-order valence-electron chi connectivity index (χ2n) is 9.05. The van der Waals surface area contributed by atoms with Crippen LogP contribution >= 0.6 is 0 Å². The molecule has 2 aromatic rings. The van der Waals surface area contributed by atoms with Gasteiger partial charge in [0.25, 0.3) is 5.91 Å². The molecule has 1 heterocycles. The Balaban J connectivity index is 1.66. The van der Waals surface area contributed by atoms with Crippen LogP contribution in [0.15, 0.2) is 60.9 Å². The van der Waals surface area contributed by atoms with Crippen molar-refractivity contribution in [3.8, 4) is 11.1 Å². The summed E-state index contributed by atoms with van der Waals surface area (Å²) in [4.78, 5) is 27.6. The minimum Gasteiger partial charge on any atom is -0.469 e. The number of piperidine rings is 1. The van der Waals surface area contributed by atoms with E-state index in [0.29, 0.717) is 24.4 Å². The fourth-order valence-electron chi connectivity index (χ4n) is 4.62. The van der Waals surface area contributed by atoms with Gasteiger partial charge < -0.3 is 26.4 Å². The van der Waals surface area contributed by atoms with Crippen LogP contribution in [0, 0.1) is 11.8 Å². The Labute approximate surface area is 202 Å². The summed E-state index contributed by atoms with van der Waals surface area (Å²) >= 11 is 0. The highest BCUT2D eigenvalue weighted by Gasteiger charge is 2.32. The molecule has 0 spiro atoms. The van der Waals surface area contributed by atoms with E-state index < -0.39 is 5.92 Å². The molecule has 7 nitrogen and oxygen atoms in total. The molecule has 2 aromatic carbocycles. The number of likely N-dealkylation sites (tertiary alicyclic amines) is 1. The lowest BCUT2D eigenvalue weighted by atomic mass is 9.85. The van der Waals surface area contributed by atoms with Crippen molar-refractivity contribution in [3.63, 3.8) is 0 Å². The maximum Gasteiger partial charge on any atom is 0.310 e. The Morgan fingerprint density at radius 1 is 1.21 bits per heavy atom. The SMILES string of the molecule is C=C(N)N1CCCC(C[C@@H](C(=O)OC)[C@@H](C)NC(=O)c2ccc(-c3cccc(CN)c3)cc2)C1. The highest BCUT2D eigenvalue weighted by molar-refractivity contribution is 5.95. The van der Waals surface area contributed by atoms with Gasteiger partial charge in [0.1, 0.15) is 0 Å². The molecule has 3 rings (SSSR count). The van der Waals surface area contributed by atoms with Crippen LogP contribution < -0.4 is 16.8 Å². The van der Waals surface area contributed by atoms with Crippen LogP contribution in [-0.4, -0.2) is 43.0 Å². The molecule has 0 aromatic heterocycles. The summed E-state index contributed by atoms with van der Waals surface area (Å²) in [5.41, 5.74) is 15.3. The highest BCUT2D eigenvalue weighted by Crippen LogP contribution is 2.27. The molecule has 0 aliphatic carbocycles. The van der Waals surface area contributed by atoms with Crippen LogP contribution in [-0.2, 0) is 16.1 Å². The minimum absolute atomic E-state index is 0.218. The third-order valence-corrected chi connectivity index (χ3v) is 6.62. The molecule has 1 aliphatic rings. The van der Waals surface area contributed by atoms with Gasteiger partial charge >= 0.3 is 5.97 Å². The van der Waals surface area contributed by atoms with E-state index in [2.05, 4.69) is 16.8 Å². The van der Waals surface area contributed by atoms with E-state index in [1.165, 1.54) is 7.11 Å². The number of carbonyl (C=O) groups excluding carboxylic acids is 2. The molecule has 0 bridgehead atoms. The van der Waals surface area contributed by atoms with Gasteiger partial charge in [-0.2, -0.15) is 0 Å². The van der Waals surface area contributed by atoms with E-state index in [1.54, 1.807) is 12.1 Å². The molecule has 1 saturated heterocycles. The Hall–Kier alpha value is -3.32. The lowest BCUT2D eigenvalue weighted by Gasteiger charge is -2.36. The van der Waals surface area contributed by atoms with Crippen LogP contribution in [0.2, 0.25) is 0 Å². The van der Waals surface area contributed by atoms with Crippen molar-refractivity contribution < 1.29 is 14.3 Å². The first-order valence-corrected chi connectivity index (χ1v) is 11.8. The quantitative estimate of drug-likeness (QED) is 0.491. The van der Waals surface area contributed by atoms with Gasteiger partial charge in [-0.05, 0) is 67.0 Å². The molecular weight excluding hydrogens is 428 g/mol. The first-order chi connectivity index (χ1) is 16.3. The van der Waals surface area contributed by atoms with Gasteiger partial charge in [-0.1, -0.05) is 36.9 Å². The molecule has 1 fully saturated rings. The number of hydrogen-bond acceptors (Lipinski definition) is 6. The lowest BCUT2D eigenvalue weighted by Crippen LogP contribution is -2.44. The minimum atomic E-state index is -0.441. The van der Waals surface area contributed by atoms with Gasteiger partial charge in [0, 0.05) is 31.2 Å².